The van der Waals surface area contributed by atoms with Gasteiger partial charge in [-0.25, -0.2) is 0 Å². The van der Waals surface area contributed by atoms with Gasteiger partial charge in [0.15, 0.2) is 0 Å². The summed E-state index contributed by atoms with van der Waals surface area (Å²) in [6.45, 7) is 6.62. The van der Waals surface area contributed by atoms with Crippen LogP contribution in [0, 0.1) is 0 Å². The highest BCUT2D eigenvalue weighted by atomic mass is 32.2. The van der Waals surface area contributed by atoms with Gasteiger partial charge in [-0.3, -0.25) is 4.55 Å². The van der Waals surface area contributed by atoms with Crippen LogP contribution in [0.25, 0.3) is 10.8 Å². The number of unbranched alkanes of at least 4 members (excludes halogenated alkanes) is 10. The van der Waals surface area contributed by atoms with E-state index in [9.17, 15) is 13.0 Å². The molecule has 5 heteroatoms. The summed E-state index contributed by atoms with van der Waals surface area (Å²) in [5, 5.41) is 1.84. The highest BCUT2D eigenvalue weighted by molar-refractivity contribution is 7.86. The van der Waals surface area contributed by atoms with Gasteiger partial charge in [-0.2, -0.15) is 8.42 Å². The molecule has 0 fully saturated rings. The normalized spacial score (nSPS) is 11.9. The predicted octanol–water partition coefficient (Wildman–Crippen LogP) is 8.29. The van der Waals surface area contributed by atoms with Crippen LogP contribution < -0.4 is 4.74 Å². The first kappa shape index (κ1) is 27.7. The van der Waals surface area contributed by atoms with Crippen molar-refractivity contribution in [3.05, 3.63) is 35.4 Å². The lowest BCUT2D eigenvalue weighted by Crippen LogP contribution is -2.12. The topological polar surface area (TPSA) is 63.6 Å². The summed E-state index contributed by atoms with van der Waals surface area (Å²) < 4.78 is 41.4. The van der Waals surface area contributed by atoms with Crippen LogP contribution in [0.3, 0.4) is 0 Å². The van der Waals surface area contributed by atoms with Crippen LogP contribution in [0.2, 0.25) is 0 Å². The van der Waals surface area contributed by atoms with E-state index in [-0.39, 0.29) is 4.90 Å². The van der Waals surface area contributed by atoms with Gasteiger partial charge in [0.1, 0.15) is 10.6 Å². The molecular weight excluding hydrogens is 432 g/mol. The van der Waals surface area contributed by atoms with Gasteiger partial charge in [-0.1, -0.05) is 102 Å². The highest BCUT2D eigenvalue weighted by Crippen LogP contribution is 2.41. The quantitative estimate of drug-likeness (QED) is 0.184. The number of hydrogen-bond acceptors (Lipinski definition) is 3. The third-order valence-electron chi connectivity index (χ3n) is 6.45. The molecule has 0 aromatic heterocycles. The van der Waals surface area contributed by atoms with Gasteiger partial charge in [0.2, 0.25) is 0 Å². The fraction of sp³-hybridized carbons (Fsp3) is 0.643. The molecule has 186 valence electrons. The largest absolute Gasteiger partial charge is 0.492 e. The van der Waals surface area contributed by atoms with Crippen molar-refractivity contribution in [3.63, 3.8) is 0 Å². The van der Waals surface area contributed by atoms with E-state index in [0.29, 0.717) is 18.8 Å². The van der Waals surface area contributed by atoms with Crippen molar-refractivity contribution >= 4 is 20.9 Å². The van der Waals surface area contributed by atoms with Crippen molar-refractivity contribution < 1.29 is 17.7 Å². The van der Waals surface area contributed by atoms with Crippen LogP contribution in [-0.4, -0.2) is 19.6 Å². The van der Waals surface area contributed by atoms with Gasteiger partial charge >= 0.3 is 0 Å². The van der Waals surface area contributed by atoms with Crippen LogP contribution in [0.5, 0.6) is 5.75 Å². The SMILES string of the molecule is CCCCCCCCc1c(S(=O)(=O)O)c(OCC)c2ccccc2c1CCCCCCCC. The minimum Gasteiger partial charge on any atom is -0.492 e. The second-order valence-corrected chi connectivity index (χ2v) is 10.5. The second kappa shape index (κ2) is 14.6. The first-order valence-electron chi connectivity index (χ1n) is 13.1. The Morgan fingerprint density at radius 3 is 1.70 bits per heavy atom. The van der Waals surface area contributed by atoms with E-state index >= 15 is 0 Å². The molecule has 0 aliphatic heterocycles. The molecule has 0 bridgehead atoms. The van der Waals surface area contributed by atoms with E-state index in [0.717, 1.165) is 60.4 Å². The first-order valence-corrected chi connectivity index (χ1v) is 14.6. The molecule has 0 saturated carbocycles. The summed E-state index contributed by atoms with van der Waals surface area (Å²) in [4.78, 5) is -0.00223. The van der Waals surface area contributed by atoms with Crippen LogP contribution in [0.4, 0.5) is 0 Å². The summed E-state index contributed by atoms with van der Waals surface area (Å²) in [5.74, 6) is 0.309. The average Bonchev–Trinajstić information content (AvgIpc) is 2.79. The van der Waals surface area contributed by atoms with E-state index in [1.807, 2.05) is 25.1 Å². The van der Waals surface area contributed by atoms with E-state index < -0.39 is 10.1 Å². The minimum atomic E-state index is -4.42. The standard InChI is InChI=1S/C28H44O4S/c1-4-7-9-11-13-15-19-24-23-20-17-18-21-25(23)27(32-6-3)28(33(29,30)31)26(24)22-16-14-12-10-8-5-2/h17-18,20-21H,4-16,19,22H2,1-3H3,(H,29,30,31). The molecule has 0 amide bonds. The Balaban J connectivity index is 2.45. The second-order valence-electron chi connectivity index (χ2n) is 9.10. The maximum Gasteiger partial charge on any atom is 0.298 e. The summed E-state index contributed by atoms with van der Waals surface area (Å²) in [6, 6.07) is 7.89. The number of fused-ring (bicyclic) bond motifs is 1. The Hall–Kier alpha value is -1.59. The molecule has 0 atom stereocenters. The van der Waals surface area contributed by atoms with E-state index in [1.54, 1.807) is 0 Å². The minimum absolute atomic E-state index is 0.00223. The molecule has 0 heterocycles. The third-order valence-corrected chi connectivity index (χ3v) is 7.40. The third kappa shape index (κ3) is 8.29. The Morgan fingerprint density at radius 2 is 1.18 bits per heavy atom. The number of hydrogen-bond donors (Lipinski definition) is 1. The molecule has 0 radical (unpaired) electrons. The van der Waals surface area contributed by atoms with Crippen molar-refractivity contribution in [3.8, 4) is 5.75 Å². The molecule has 2 aromatic carbocycles. The summed E-state index contributed by atoms with van der Waals surface area (Å²) in [5.41, 5.74) is 1.84. The molecule has 0 saturated heterocycles. The molecule has 1 N–H and O–H groups in total. The predicted molar refractivity (Wildman–Crippen MR) is 139 cm³/mol. The lowest BCUT2D eigenvalue weighted by molar-refractivity contribution is 0.332. The van der Waals surface area contributed by atoms with Crippen LogP contribution in [0.15, 0.2) is 29.2 Å². The summed E-state index contributed by atoms with van der Waals surface area (Å²) in [7, 11) is -4.42. The molecule has 0 spiro atoms. The number of aryl methyl sites for hydroxylation is 1. The molecule has 0 aliphatic rings. The molecule has 33 heavy (non-hydrogen) atoms. The molecule has 2 rings (SSSR count). The van der Waals surface area contributed by atoms with Crippen molar-refractivity contribution in [2.75, 3.05) is 6.61 Å². The zero-order valence-electron chi connectivity index (χ0n) is 21.0. The number of ether oxygens (including phenoxy) is 1. The van der Waals surface area contributed by atoms with E-state index in [4.69, 9.17) is 4.74 Å². The Labute approximate surface area is 201 Å². The molecule has 0 aliphatic carbocycles. The Kier molecular flexibility index (Phi) is 12.3. The lowest BCUT2D eigenvalue weighted by Gasteiger charge is -2.21. The van der Waals surface area contributed by atoms with Gasteiger partial charge in [-0.15, -0.1) is 0 Å². The zero-order chi connectivity index (χ0) is 24.1. The maximum atomic E-state index is 12.6. The van der Waals surface area contributed by atoms with Gasteiger partial charge in [0.05, 0.1) is 6.61 Å². The van der Waals surface area contributed by atoms with Crippen molar-refractivity contribution in [1.82, 2.24) is 0 Å². The summed E-state index contributed by atoms with van der Waals surface area (Å²) >= 11 is 0. The smallest absolute Gasteiger partial charge is 0.298 e. The van der Waals surface area contributed by atoms with Crippen molar-refractivity contribution in [2.45, 2.75) is 116 Å². The highest BCUT2D eigenvalue weighted by Gasteiger charge is 2.27. The number of benzene rings is 2. The Morgan fingerprint density at radius 1 is 0.697 bits per heavy atom. The van der Waals surface area contributed by atoms with Crippen LogP contribution in [-0.2, 0) is 23.0 Å². The zero-order valence-corrected chi connectivity index (χ0v) is 21.8. The average molecular weight is 477 g/mol. The Bertz CT molecular complexity index is 950. The summed E-state index contributed by atoms with van der Waals surface area (Å²) in [6.07, 6.45) is 15.4. The van der Waals surface area contributed by atoms with Crippen molar-refractivity contribution in [2.24, 2.45) is 0 Å². The fourth-order valence-corrected chi connectivity index (χ4v) is 5.72. The first-order chi connectivity index (χ1) is 16.0. The van der Waals surface area contributed by atoms with Gasteiger partial charge in [0.25, 0.3) is 10.1 Å². The van der Waals surface area contributed by atoms with Crippen LogP contribution >= 0.6 is 0 Å². The molecular formula is C28H44O4S. The van der Waals surface area contributed by atoms with Gasteiger partial charge in [0, 0.05) is 5.39 Å². The van der Waals surface area contributed by atoms with Gasteiger partial charge in [-0.05, 0) is 49.1 Å². The maximum absolute atomic E-state index is 12.6. The van der Waals surface area contributed by atoms with Crippen molar-refractivity contribution in [1.29, 1.82) is 0 Å². The number of rotatable bonds is 17. The molecule has 2 aromatic rings. The molecule has 4 nitrogen and oxygen atoms in total. The fourth-order valence-electron chi connectivity index (χ4n) is 4.78. The van der Waals surface area contributed by atoms with Gasteiger partial charge < -0.3 is 4.74 Å². The van der Waals surface area contributed by atoms with E-state index in [2.05, 4.69) is 19.9 Å². The lowest BCUT2D eigenvalue weighted by atomic mass is 9.90. The van der Waals surface area contributed by atoms with Crippen LogP contribution in [0.1, 0.15) is 109 Å². The molecule has 0 unspecified atom stereocenters. The van der Waals surface area contributed by atoms with E-state index in [1.165, 1.54) is 44.9 Å². The monoisotopic (exact) mass is 476 g/mol.